The Hall–Kier alpha value is -2.29. The highest BCUT2D eigenvalue weighted by atomic mass is 32.2. The van der Waals surface area contributed by atoms with Crippen molar-refractivity contribution in [2.24, 2.45) is 0 Å². The Morgan fingerprint density at radius 2 is 2.07 bits per heavy atom. The first-order chi connectivity index (χ1) is 13.3. The quantitative estimate of drug-likeness (QED) is 0.793. The molecule has 2 aromatic rings. The maximum atomic E-state index is 14.3. The smallest absolute Gasteiger partial charge is 0.242 e. The van der Waals surface area contributed by atoms with E-state index in [1.807, 2.05) is 4.57 Å². The van der Waals surface area contributed by atoms with Crippen molar-refractivity contribution in [1.82, 2.24) is 14.8 Å². The summed E-state index contributed by atoms with van der Waals surface area (Å²) in [5.74, 6) is 0.0637. The molecule has 0 saturated carbocycles. The monoisotopic (exact) mass is 408 g/mol. The third kappa shape index (κ3) is 4.24. The zero-order valence-corrected chi connectivity index (χ0v) is 16.9. The van der Waals surface area contributed by atoms with Crippen LogP contribution >= 0.6 is 0 Å². The summed E-state index contributed by atoms with van der Waals surface area (Å²) in [7, 11) is -3.57. The van der Waals surface area contributed by atoms with E-state index in [0.29, 0.717) is 17.8 Å². The Labute approximate surface area is 164 Å². The van der Waals surface area contributed by atoms with Gasteiger partial charge in [-0.2, -0.15) is 0 Å². The van der Waals surface area contributed by atoms with Crippen LogP contribution in [0.15, 0.2) is 18.2 Å². The average Bonchev–Trinajstić information content (AvgIpc) is 2.91. The van der Waals surface area contributed by atoms with E-state index in [2.05, 4.69) is 15.5 Å². The van der Waals surface area contributed by atoms with Gasteiger partial charge in [-0.15, -0.1) is 10.2 Å². The number of sulfone groups is 1. The van der Waals surface area contributed by atoms with Gasteiger partial charge in [-0.3, -0.25) is 4.79 Å². The lowest BCUT2D eigenvalue weighted by Gasteiger charge is -2.14. The molecule has 0 bridgehead atoms. The van der Waals surface area contributed by atoms with Crippen LogP contribution in [0.4, 0.5) is 10.1 Å². The molecule has 152 valence electrons. The molecule has 1 atom stereocenters. The van der Waals surface area contributed by atoms with E-state index in [-0.39, 0.29) is 11.4 Å². The van der Waals surface area contributed by atoms with Crippen LogP contribution in [0.5, 0.6) is 0 Å². The molecule has 0 aliphatic carbocycles. The molecule has 0 fully saturated rings. The van der Waals surface area contributed by atoms with Gasteiger partial charge in [0, 0.05) is 18.5 Å². The van der Waals surface area contributed by atoms with Gasteiger partial charge in [-0.05, 0) is 44.4 Å². The molecule has 28 heavy (non-hydrogen) atoms. The lowest BCUT2D eigenvalue weighted by Crippen LogP contribution is -2.34. The summed E-state index contributed by atoms with van der Waals surface area (Å²) in [5, 5.41) is 9.65. The van der Waals surface area contributed by atoms with Crippen molar-refractivity contribution in [3.05, 3.63) is 29.8 Å². The summed E-state index contributed by atoms with van der Waals surface area (Å²) in [5.41, 5.74) is 0.563. The number of fused-ring (bicyclic) bond motifs is 1. The highest BCUT2D eigenvalue weighted by Crippen LogP contribution is 2.27. The number of hydrogen-bond donors (Lipinski definition) is 1. The van der Waals surface area contributed by atoms with E-state index in [4.69, 9.17) is 0 Å². The van der Waals surface area contributed by atoms with Crippen LogP contribution in [0.2, 0.25) is 0 Å². The van der Waals surface area contributed by atoms with Gasteiger partial charge >= 0.3 is 0 Å². The number of amides is 1. The molecule has 1 amide bonds. The van der Waals surface area contributed by atoms with Crippen LogP contribution in [-0.2, 0) is 27.6 Å². The normalized spacial score (nSPS) is 15.5. The molecule has 9 heteroatoms. The van der Waals surface area contributed by atoms with Gasteiger partial charge < -0.3 is 9.88 Å². The molecule has 2 heterocycles. The molecule has 7 nitrogen and oxygen atoms in total. The van der Waals surface area contributed by atoms with Gasteiger partial charge in [-0.25, -0.2) is 12.8 Å². The summed E-state index contributed by atoms with van der Waals surface area (Å²) < 4.78 is 40.5. The highest BCUT2D eigenvalue weighted by molar-refractivity contribution is 7.92. The standard InChI is InChI=1S/C19H25FN4O3S/c1-3-11-28(26,27)13(2)19(25)21-16-12-14(8-9-15(16)20)18-23-22-17-7-5-4-6-10-24(17)18/h8-9,12-13H,3-7,10-11H2,1-2H3,(H,21,25). The third-order valence-electron chi connectivity index (χ3n) is 4.99. The summed E-state index contributed by atoms with van der Waals surface area (Å²) >= 11 is 0. The van der Waals surface area contributed by atoms with Crippen LogP contribution in [0.1, 0.15) is 45.4 Å². The predicted molar refractivity (Wildman–Crippen MR) is 105 cm³/mol. The van der Waals surface area contributed by atoms with Crippen molar-refractivity contribution in [2.75, 3.05) is 11.1 Å². The molecule has 1 unspecified atom stereocenters. The van der Waals surface area contributed by atoms with Crippen molar-refractivity contribution >= 4 is 21.4 Å². The number of aryl methyl sites for hydroxylation is 1. The van der Waals surface area contributed by atoms with Crippen molar-refractivity contribution < 1.29 is 17.6 Å². The molecule has 1 aliphatic heterocycles. The van der Waals surface area contributed by atoms with Crippen LogP contribution in [-0.4, -0.2) is 40.1 Å². The Morgan fingerprint density at radius 3 is 2.82 bits per heavy atom. The fraction of sp³-hybridized carbons (Fsp3) is 0.526. The summed E-state index contributed by atoms with van der Waals surface area (Å²) in [6, 6.07) is 4.31. The van der Waals surface area contributed by atoms with E-state index >= 15 is 0 Å². The number of hydrogen-bond acceptors (Lipinski definition) is 5. The topological polar surface area (TPSA) is 93.9 Å². The van der Waals surface area contributed by atoms with Crippen molar-refractivity contribution in [3.8, 4) is 11.4 Å². The lowest BCUT2D eigenvalue weighted by atomic mass is 10.1. The fourth-order valence-corrected chi connectivity index (χ4v) is 4.63. The first-order valence-corrected chi connectivity index (χ1v) is 11.3. The maximum Gasteiger partial charge on any atom is 0.242 e. The zero-order valence-electron chi connectivity index (χ0n) is 16.1. The maximum absolute atomic E-state index is 14.3. The van der Waals surface area contributed by atoms with E-state index in [1.165, 1.54) is 19.1 Å². The van der Waals surface area contributed by atoms with E-state index in [9.17, 15) is 17.6 Å². The SMILES string of the molecule is CCCS(=O)(=O)C(C)C(=O)Nc1cc(-c2nnc3n2CCCCC3)ccc1F. The van der Waals surface area contributed by atoms with Crippen molar-refractivity contribution in [2.45, 2.75) is 57.7 Å². The van der Waals surface area contributed by atoms with Crippen LogP contribution in [0.25, 0.3) is 11.4 Å². The van der Waals surface area contributed by atoms with Gasteiger partial charge in [-0.1, -0.05) is 13.3 Å². The third-order valence-corrected chi connectivity index (χ3v) is 7.26. The van der Waals surface area contributed by atoms with Crippen LogP contribution in [0.3, 0.4) is 0 Å². The van der Waals surface area contributed by atoms with E-state index in [0.717, 1.165) is 38.1 Å². The van der Waals surface area contributed by atoms with Crippen molar-refractivity contribution in [3.63, 3.8) is 0 Å². The van der Waals surface area contributed by atoms with Gasteiger partial charge in [0.05, 0.1) is 11.4 Å². The molecule has 1 aliphatic rings. The number of rotatable bonds is 6. The highest BCUT2D eigenvalue weighted by Gasteiger charge is 2.28. The Balaban J connectivity index is 1.87. The molecule has 1 aromatic carbocycles. The summed E-state index contributed by atoms with van der Waals surface area (Å²) in [6.45, 7) is 3.84. The molecule has 3 rings (SSSR count). The number of carbonyl (C=O) groups is 1. The van der Waals surface area contributed by atoms with Crippen LogP contribution < -0.4 is 5.32 Å². The molecule has 0 saturated heterocycles. The number of anilines is 1. The molecule has 1 N–H and O–H groups in total. The van der Waals surface area contributed by atoms with E-state index in [1.54, 1.807) is 13.0 Å². The second-order valence-corrected chi connectivity index (χ2v) is 9.54. The molecule has 0 radical (unpaired) electrons. The minimum atomic E-state index is -3.57. The molecular weight excluding hydrogens is 383 g/mol. The van der Waals surface area contributed by atoms with Gasteiger partial charge in [0.15, 0.2) is 15.7 Å². The Kier molecular flexibility index (Phi) is 6.12. The summed E-state index contributed by atoms with van der Waals surface area (Å²) in [6.07, 6.45) is 4.48. The molecule has 1 aromatic heterocycles. The van der Waals surface area contributed by atoms with Gasteiger partial charge in [0.25, 0.3) is 0 Å². The molecular formula is C19H25FN4O3S. The lowest BCUT2D eigenvalue weighted by molar-refractivity contribution is -0.115. The number of halogens is 1. The first-order valence-electron chi connectivity index (χ1n) is 9.58. The second kappa shape index (κ2) is 8.38. The summed E-state index contributed by atoms with van der Waals surface area (Å²) in [4.78, 5) is 12.4. The van der Waals surface area contributed by atoms with E-state index < -0.39 is 26.8 Å². The Bertz CT molecular complexity index is 972. The minimum absolute atomic E-state index is 0.0629. The van der Waals surface area contributed by atoms with Crippen LogP contribution in [0, 0.1) is 5.82 Å². The number of aromatic nitrogens is 3. The van der Waals surface area contributed by atoms with Gasteiger partial charge in [0.1, 0.15) is 16.9 Å². The van der Waals surface area contributed by atoms with Crippen molar-refractivity contribution in [1.29, 1.82) is 0 Å². The number of benzene rings is 1. The average molecular weight is 408 g/mol. The number of carbonyl (C=O) groups excluding carboxylic acids is 1. The molecule has 0 spiro atoms. The minimum Gasteiger partial charge on any atom is -0.322 e. The number of nitrogens with one attached hydrogen (secondary N) is 1. The predicted octanol–water partition coefficient (Wildman–Crippen LogP) is 2.96. The number of nitrogens with zero attached hydrogens (tertiary/aromatic N) is 3. The fourth-order valence-electron chi connectivity index (χ4n) is 3.32. The first kappa shape index (κ1) is 20.4. The second-order valence-electron chi connectivity index (χ2n) is 7.10. The Morgan fingerprint density at radius 1 is 1.29 bits per heavy atom. The zero-order chi connectivity index (χ0) is 20.3. The largest absolute Gasteiger partial charge is 0.322 e. The van der Waals surface area contributed by atoms with Gasteiger partial charge in [0.2, 0.25) is 5.91 Å².